The van der Waals surface area contributed by atoms with Gasteiger partial charge in [-0.1, -0.05) is 26.7 Å². The van der Waals surface area contributed by atoms with Crippen LogP contribution in [-0.2, 0) is 0 Å². The van der Waals surface area contributed by atoms with Crippen molar-refractivity contribution >= 4 is 0 Å². The lowest BCUT2D eigenvalue weighted by Gasteiger charge is -2.66. The predicted octanol–water partition coefficient (Wildman–Crippen LogP) is 4.92. The van der Waals surface area contributed by atoms with Crippen molar-refractivity contribution < 1.29 is 5.11 Å². The van der Waals surface area contributed by atoms with Crippen LogP contribution in [0.5, 0.6) is 0 Å². The van der Waals surface area contributed by atoms with Gasteiger partial charge in [0.05, 0.1) is 6.10 Å². The molecule has 114 valence electrons. The number of hydrogen-bond acceptors (Lipinski definition) is 1. The van der Waals surface area contributed by atoms with Crippen LogP contribution in [-0.4, -0.2) is 11.2 Å². The van der Waals surface area contributed by atoms with E-state index in [1.165, 1.54) is 57.8 Å². The first-order valence-corrected chi connectivity index (χ1v) is 9.06. The minimum Gasteiger partial charge on any atom is -0.393 e. The molecule has 5 saturated carbocycles. The van der Waals surface area contributed by atoms with Gasteiger partial charge in [-0.3, -0.25) is 0 Å². The van der Waals surface area contributed by atoms with E-state index < -0.39 is 0 Å². The van der Waals surface area contributed by atoms with Crippen molar-refractivity contribution in [2.45, 2.75) is 90.6 Å². The summed E-state index contributed by atoms with van der Waals surface area (Å²) >= 11 is 0. The van der Waals surface area contributed by atoms with Crippen LogP contribution in [0.25, 0.3) is 0 Å². The summed E-state index contributed by atoms with van der Waals surface area (Å²) < 4.78 is 0. The second-order valence-corrected chi connectivity index (χ2v) is 10.0. The van der Waals surface area contributed by atoms with E-state index in [4.69, 9.17) is 0 Å². The third kappa shape index (κ3) is 2.45. The highest BCUT2D eigenvalue weighted by molar-refractivity contribution is 5.10. The Labute approximate surface area is 124 Å². The maximum atomic E-state index is 10.6. The van der Waals surface area contributed by atoms with E-state index in [0.717, 1.165) is 24.7 Å². The molecule has 0 aliphatic heterocycles. The number of aliphatic hydroxyl groups excluding tert-OH is 1. The molecule has 5 rings (SSSR count). The minimum atomic E-state index is -0.0148. The molecule has 5 aliphatic carbocycles. The molecule has 3 atom stereocenters. The van der Waals surface area contributed by atoms with E-state index in [-0.39, 0.29) is 6.10 Å². The van der Waals surface area contributed by atoms with Gasteiger partial charge in [0, 0.05) is 0 Å². The fourth-order valence-electron chi connectivity index (χ4n) is 7.35. The van der Waals surface area contributed by atoms with Crippen molar-refractivity contribution in [2.75, 3.05) is 0 Å². The normalized spacial score (nSPS) is 51.5. The first-order chi connectivity index (χ1) is 9.38. The first kappa shape index (κ1) is 13.6. The maximum absolute atomic E-state index is 10.6. The summed E-state index contributed by atoms with van der Waals surface area (Å²) in [5, 5.41) is 10.6. The van der Waals surface area contributed by atoms with Gasteiger partial charge in [-0.05, 0) is 85.9 Å². The van der Waals surface area contributed by atoms with Gasteiger partial charge in [0.15, 0.2) is 0 Å². The number of aliphatic hydroxyl groups is 1. The molecular weight excluding hydrogens is 244 g/mol. The highest BCUT2D eigenvalue weighted by Crippen LogP contribution is 2.70. The average Bonchev–Trinajstić information content (AvgIpc) is 3.03. The van der Waals surface area contributed by atoms with E-state index in [1.807, 2.05) is 0 Å². The van der Waals surface area contributed by atoms with Crippen LogP contribution in [0.1, 0.15) is 84.5 Å². The lowest BCUT2D eigenvalue weighted by atomic mass is 9.39. The Morgan fingerprint density at radius 3 is 2.20 bits per heavy atom. The molecule has 0 spiro atoms. The summed E-state index contributed by atoms with van der Waals surface area (Å²) in [5.74, 6) is 1.94. The summed E-state index contributed by atoms with van der Waals surface area (Å²) in [7, 11) is 0. The van der Waals surface area contributed by atoms with Gasteiger partial charge < -0.3 is 5.11 Å². The highest BCUT2D eigenvalue weighted by Gasteiger charge is 2.60. The number of rotatable bonds is 5. The van der Waals surface area contributed by atoms with E-state index in [0.29, 0.717) is 16.2 Å². The van der Waals surface area contributed by atoms with Crippen LogP contribution in [0, 0.1) is 28.1 Å². The summed E-state index contributed by atoms with van der Waals surface area (Å²) in [6.07, 6.45) is 15.0. The van der Waals surface area contributed by atoms with Crippen LogP contribution in [0.15, 0.2) is 0 Å². The molecule has 0 aromatic rings. The Morgan fingerprint density at radius 1 is 1.00 bits per heavy atom. The van der Waals surface area contributed by atoms with Crippen LogP contribution in [0.4, 0.5) is 0 Å². The molecule has 0 heterocycles. The molecule has 1 N–H and O–H groups in total. The Morgan fingerprint density at radius 2 is 1.65 bits per heavy atom. The minimum absolute atomic E-state index is 0.0148. The molecule has 5 fully saturated rings. The maximum Gasteiger partial charge on any atom is 0.0545 e. The average molecular weight is 276 g/mol. The molecule has 0 amide bonds. The molecule has 3 unspecified atom stereocenters. The molecule has 0 saturated heterocycles. The summed E-state index contributed by atoms with van der Waals surface area (Å²) in [6, 6.07) is 0. The third-order valence-corrected chi connectivity index (χ3v) is 7.02. The largest absolute Gasteiger partial charge is 0.393 e. The van der Waals surface area contributed by atoms with Gasteiger partial charge in [-0.15, -0.1) is 0 Å². The van der Waals surface area contributed by atoms with Crippen LogP contribution in [0.3, 0.4) is 0 Å². The molecule has 20 heavy (non-hydrogen) atoms. The van der Waals surface area contributed by atoms with E-state index in [9.17, 15) is 5.11 Å². The van der Waals surface area contributed by atoms with Crippen molar-refractivity contribution in [1.29, 1.82) is 0 Å². The van der Waals surface area contributed by atoms with Gasteiger partial charge in [-0.25, -0.2) is 0 Å². The van der Waals surface area contributed by atoms with Crippen molar-refractivity contribution in [3.63, 3.8) is 0 Å². The van der Waals surface area contributed by atoms with E-state index in [1.54, 1.807) is 0 Å². The SMILES string of the molecule is CC12CC3CC(C)(C1)CC(CC(O)CCC1CC1)(C3)C2. The zero-order chi connectivity index (χ0) is 14.0. The second kappa shape index (κ2) is 4.24. The summed E-state index contributed by atoms with van der Waals surface area (Å²) in [5.41, 5.74) is 1.71. The predicted molar refractivity (Wildman–Crippen MR) is 82.4 cm³/mol. The molecule has 5 aliphatic rings. The van der Waals surface area contributed by atoms with Gasteiger partial charge >= 0.3 is 0 Å². The standard InChI is InChI=1S/C19H32O/c1-17-7-15-8-18(2,11-17)13-19(9-15,12-17)10-16(20)6-5-14-3-4-14/h14-16,20H,3-13H2,1-2H3. The molecule has 0 aromatic heterocycles. The third-order valence-electron chi connectivity index (χ3n) is 7.02. The Hall–Kier alpha value is -0.0400. The van der Waals surface area contributed by atoms with Gasteiger partial charge in [-0.2, -0.15) is 0 Å². The molecular formula is C19H32O. The number of hydrogen-bond donors (Lipinski definition) is 1. The summed E-state index contributed by atoms with van der Waals surface area (Å²) in [4.78, 5) is 0. The zero-order valence-corrected chi connectivity index (χ0v) is 13.5. The van der Waals surface area contributed by atoms with E-state index >= 15 is 0 Å². The summed E-state index contributed by atoms with van der Waals surface area (Å²) in [6.45, 7) is 5.09. The molecule has 1 nitrogen and oxygen atoms in total. The fourth-order valence-corrected chi connectivity index (χ4v) is 7.35. The smallest absolute Gasteiger partial charge is 0.0545 e. The fraction of sp³-hybridized carbons (Fsp3) is 1.00. The Kier molecular flexibility index (Phi) is 2.89. The molecule has 4 bridgehead atoms. The second-order valence-electron chi connectivity index (χ2n) is 10.0. The zero-order valence-electron chi connectivity index (χ0n) is 13.5. The molecule has 1 heteroatoms. The van der Waals surface area contributed by atoms with Crippen molar-refractivity contribution in [2.24, 2.45) is 28.1 Å². The molecule has 0 aromatic carbocycles. The van der Waals surface area contributed by atoms with Crippen LogP contribution >= 0.6 is 0 Å². The molecule has 0 radical (unpaired) electrons. The monoisotopic (exact) mass is 276 g/mol. The quantitative estimate of drug-likeness (QED) is 0.755. The van der Waals surface area contributed by atoms with Crippen molar-refractivity contribution in [3.05, 3.63) is 0 Å². The van der Waals surface area contributed by atoms with Crippen LogP contribution < -0.4 is 0 Å². The topological polar surface area (TPSA) is 20.2 Å². The van der Waals surface area contributed by atoms with Gasteiger partial charge in [0.25, 0.3) is 0 Å². The Balaban J connectivity index is 1.45. The van der Waals surface area contributed by atoms with E-state index in [2.05, 4.69) is 13.8 Å². The Bertz CT molecular complexity index is 379. The lowest BCUT2D eigenvalue weighted by Crippen LogP contribution is -2.55. The highest BCUT2D eigenvalue weighted by atomic mass is 16.3. The van der Waals surface area contributed by atoms with Crippen molar-refractivity contribution in [1.82, 2.24) is 0 Å². The van der Waals surface area contributed by atoms with Crippen LogP contribution in [0.2, 0.25) is 0 Å². The van der Waals surface area contributed by atoms with Crippen molar-refractivity contribution in [3.8, 4) is 0 Å². The first-order valence-electron chi connectivity index (χ1n) is 9.06. The lowest BCUT2D eigenvalue weighted by molar-refractivity contribution is -0.157. The van der Waals surface area contributed by atoms with Gasteiger partial charge in [0.1, 0.15) is 0 Å². The van der Waals surface area contributed by atoms with Gasteiger partial charge in [0.2, 0.25) is 0 Å².